The standard InChI is InChI=1S/C12H14ClN3O2S/c1-4-18-10(17)5-9-6-19-12(14-9)16-8(3)11(13)7(2)15-16/h6H,4-5H2,1-3H3. The molecule has 0 spiro atoms. The molecule has 0 aliphatic rings. The second-order valence-electron chi connectivity index (χ2n) is 4.00. The summed E-state index contributed by atoms with van der Waals surface area (Å²) in [4.78, 5) is 15.8. The summed E-state index contributed by atoms with van der Waals surface area (Å²) in [6.45, 7) is 5.89. The summed E-state index contributed by atoms with van der Waals surface area (Å²) >= 11 is 7.52. The largest absolute Gasteiger partial charge is 0.466 e. The van der Waals surface area contributed by atoms with Crippen LogP contribution < -0.4 is 0 Å². The Morgan fingerprint density at radius 3 is 2.84 bits per heavy atom. The number of hydrogen-bond donors (Lipinski definition) is 0. The maximum absolute atomic E-state index is 11.4. The molecule has 0 amide bonds. The third kappa shape index (κ3) is 2.96. The van der Waals surface area contributed by atoms with Gasteiger partial charge in [-0.2, -0.15) is 5.10 Å². The van der Waals surface area contributed by atoms with E-state index in [2.05, 4.69) is 10.1 Å². The summed E-state index contributed by atoms with van der Waals surface area (Å²) in [5, 5.41) is 7.50. The van der Waals surface area contributed by atoms with Crippen LogP contribution in [0.4, 0.5) is 0 Å². The average Bonchev–Trinajstić information content (AvgIpc) is 2.90. The first kappa shape index (κ1) is 14.0. The van der Waals surface area contributed by atoms with E-state index in [1.54, 1.807) is 11.6 Å². The monoisotopic (exact) mass is 299 g/mol. The quantitative estimate of drug-likeness (QED) is 0.815. The van der Waals surface area contributed by atoms with E-state index in [0.717, 1.165) is 11.4 Å². The summed E-state index contributed by atoms with van der Waals surface area (Å²) in [5.74, 6) is -0.272. The van der Waals surface area contributed by atoms with Gasteiger partial charge < -0.3 is 4.74 Å². The molecular weight excluding hydrogens is 286 g/mol. The first-order chi connectivity index (χ1) is 9.02. The van der Waals surface area contributed by atoms with Crippen molar-refractivity contribution in [2.45, 2.75) is 27.2 Å². The number of halogens is 1. The number of hydrogen-bond acceptors (Lipinski definition) is 5. The van der Waals surface area contributed by atoms with Gasteiger partial charge in [-0.25, -0.2) is 9.67 Å². The van der Waals surface area contributed by atoms with Gasteiger partial charge in [-0.1, -0.05) is 11.6 Å². The van der Waals surface area contributed by atoms with E-state index in [-0.39, 0.29) is 12.4 Å². The van der Waals surface area contributed by atoms with Gasteiger partial charge in [-0.05, 0) is 20.8 Å². The van der Waals surface area contributed by atoms with Gasteiger partial charge in [0.1, 0.15) is 0 Å². The molecule has 2 aromatic rings. The van der Waals surface area contributed by atoms with Crippen LogP contribution in [-0.4, -0.2) is 27.3 Å². The van der Waals surface area contributed by atoms with Crippen LogP contribution in [0, 0.1) is 13.8 Å². The fourth-order valence-electron chi connectivity index (χ4n) is 1.64. The maximum atomic E-state index is 11.4. The zero-order valence-corrected chi connectivity index (χ0v) is 12.5. The van der Waals surface area contributed by atoms with E-state index in [0.29, 0.717) is 22.5 Å². The van der Waals surface area contributed by atoms with Crippen LogP contribution in [0.1, 0.15) is 24.0 Å². The zero-order valence-electron chi connectivity index (χ0n) is 10.9. The number of carbonyl (C=O) groups is 1. The smallest absolute Gasteiger partial charge is 0.311 e. The van der Waals surface area contributed by atoms with Crippen LogP contribution in [-0.2, 0) is 16.0 Å². The molecule has 0 saturated carbocycles. The highest BCUT2D eigenvalue weighted by Crippen LogP contribution is 2.24. The number of rotatable bonds is 4. The molecule has 0 N–H and O–H groups in total. The molecule has 2 heterocycles. The number of aromatic nitrogens is 3. The third-order valence-electron chi connectivity index (χ3n) is 2.55. The van der Waals surface area contributed by atoms with E-state index in [1.807, 2.05) is 19.2 Å². The summed E-state index contributed by atoms with van der Waals surface area (Å²) < 4.78 is 6.58. The van der Waals surface area contributed by atoms with Gasteiger partial charge in [-0.3, -0.25) is 4.79 Å². The van der Waals surface area contributed by atoms with Gasteiger partial charge in [-0.15, -0.1) is 11.3 Å². The Morgan fingerprint density at radius 2 is 2.26 bits per heavy atom. The molecule has 0 bridgehead atoms. The van der Waals surface area contributed by atoms with Crippen molar-refractivity contribution in [1.82, 2.24) is 14.8 Å². The predicted molar refractivity (Wildman–Crippen MR) is 74.1 cm³/mol. The lowest BCUT2D eigenvalue weighted by atomic mass is 10.3. The minimum atomic E-state index is -0.272. The van der Waals surface area contributed by atoms with E-state index in [9.17, 15) is 4.79 Å². The molecule has 0 saturated heterocycles. The number of aryl methyl sites for hydroxylation is 1. The first-order valence-electron chi connectivity index (χ1n) is 5.85. The van der Waals surface area contributed by atoms with Crippen LogP contribution in [0.15, 0.2) is 5.38 Å². The molecule has 0 aliphatic carbocycles. The molecule has 2 rings (SSSR count). The highest BCUT2D eigenvalue weighted by atomic mass is 35.5. The van der Waals surface area contributed by atoms with Crippen molar-refractivity contribution in [3.05, 3.63) is 27.5 Å². The number of nitrogens with zero attached hydrogens (tertiary/aromatic N) is 3. The summed E-state index contributed by atoms with van der Waals surface area (Å²) in [6, 6.07) is 0. The molecule has 0 aromatic carbocycles. The number of esters is 1. The Morgan fingerprint density at radius 1 is 1.53 bits per heavy atom. The molecule has 102 valence electrons. The minimum Gasteiger partial charge on any atom is -0.466 e. The van der Waals surface area contributed by atoms with Crippen LogP contribution >= 0.6 is 22.9 Å². The Labute approximate surface area is 120 Å². The van der Waals surface area contributed by atoms with Crippen molar-refractivity contribution in [3.63, 3.8) is 0 Å². The summed E-state index contributed by atoms with van der Waals surface area (Å²) in [5.41, 5.74) is 2.29. The van der Waals surface area contributed by atoms with Crippen LogP contribution in [0.3, 0.4) is 0 Å². The predicted octanol–water partition coefficient (Wildman–Crippen LogP) is 2.70. The zero-order chi connectivity index (χ0) is 14.0. The SMILES string of the molecule is CCOC(=O)Cc1csc(-n2nc(C)c(Cl)c2C)n1. The fraction of sp³-hybridized carbons (Fsp3) is 0.417. The van der Waals surface area contributed by atoms with Crippen molar-refractivity contribution < 1.29 is 9.53 Å². The van der Waals surface area contributed by atoms with Gasteiger partial charge in [0.25, 0.3) is 0 Å². The molecule has 5 nitrogen and oxygen atoms in total. The second kappa shape index (κ2) is 5.71. The number of thiazole rings is 1. The normalized spacial score (nSPS) is 10.7. The van der Waals surface area contributed by atoms with Gasteiger partial charge >= 0.3 is 5.97 Å². The van der Waals surface area contributed by atoms with Crippen LogP contribution in [0.2, 0.25) is 5.02 Å². The van der Waals surface area contributed by atoms with Crippen molar-refractivity contribution in [2.75, 3.05) is 6.61 Å². The molecule has 0 fully saturated rings. The Kier molecular flexibility index (Phi) is 4.21. The van der Waals surface area contributed by atoms with Crippen LogP contribution in [0.5, 0.6) is 0 Å². The molecule has 0 unspecified atom stereocenters. The Balaban J connectivity index is 2.21. The van der Waals surface area contributed by atoms with Crippen molar-refractivity contribution in [1.29, 1.82) is 0 Å². The molecule has 0 radical (unpaired) electrons. The Hall–Kier alpha value is -1.40. The lowest BCUT2D eigenvalue weighted by molar-refractivity contribution is -0.142. The topological polar surface area (TPSA) is 57.0 Å². The molecule has 0 aliphatic heterocycles. The van der Waals surface area contributed by atoms with Crippen molar-refractivity contribution in [3.8, 4) is 5.13 Å². The van der Waals surface area contributed by atoms with Gasteiger partial charge in [0.15, 0.2) is 0 Å². The molecule has 0 atom stereocenters. The van der Waals surface area contributed by atoms with Gasteiger partial charge in [0.2, 0.25) is 5.13 Å². The lowest BCUT2D eigenvalue weighted by Gasteiger charge is -1.99. The average molecular weight is 300 g/mol. The Bertz CT molecular complexity index is 606. The van der Waals surface area contributed by atoms with E-state index >= 15 is 0 Å². The molecular formula is C12H14ClN3O2S. The summed E-state index contributed by atoms with van der Waals surface area (Å²) in [7, 11) is 0. The second-order valence-corrected chi connectivity index (χ2v) is 5.21. The van der Waals surface area contributed by atoms with Crippen molar-refractivity contribution in [2.24, 2.45) is 0 Å². The highest BCUT2D eigenvalue weighted by molar-refractivity contribution is 7.12. The molecule has 19 heavy (non-hydrogen) atoms. The fourth-order valence-corrected chi connectivity index (χ4v) is 2.59. The third-order valence-corrected chi connectivity index (χ3v) is 3.97. The first-order valence-corrected chi connectivity index (χ1v) is 7.10. The van der Waals surface area contributed by atoms with E-state index in [1.165, 1.54) is 11.3 Å². The summed E-state index contributed by atoms with van der Waals surface area (Å²) in [6.07, 6.45) is 0.178. The number of ether oxygens (including phenoxy) is 1. The molecule has 2 aromatic heterocycles. The van der Waals surface area contributed by atoms with E-state index in [4.69, 9.17) is 16.3 Å². The van der Waals surface area contributed by atoms with Gasteiger partial charge in [0, 0.05) is 5.38 Å². The van der Waals surface area contributed by atoms with Crippen molar-refractivity contribution >= 4 is 28.9 Å². The molecule has 7 heteroatoms. The van der Waals surface area contributed by atoms with Crippen LogP contribution in [0.25, 0.3) is 5.13 Å². The minimum absolute atomic E-state index is 0.178. The van der Waals surface area contributed by atoms with Gasteiger partial charge in [0.05, 0.1) is 35.1 Å². The maximum Gasteiger partial charge on any atom is 0.311 e. The highest BCUT2D eigenvalue weighted by Gasteiger charge is 2.14. The number of carbonyl (C=O) groups excluding carboxylic acids is 1. The van der Waals surface area contributed by atoms with E-state index < -0.39 is 0 Å². The lowest BCUT2D eigenvalue weighted by Crippen LogP contribution is -2.08.